The number of pyridine rings is 1. The Balaban J connectivity index is 0.999. The fourth-order valence-corrected chi connectivity index (χ4v) is 9.56. The molecular formula is C55H50BN4O+. The molecule has 0 bridgehead atoms. The van der Waals surface area contributed by atoms with Crippen molar-refractivity contribution in [2.45, 2.75) is 39.5 Å². The number of anilines is 5. The van der Waals surface area contributed by atoms with E-state index in [2.05, 4.69) is 242 Å². The zero-order chi connectivity index (χ0) is 41.6. The van der Waals surface area contributed by atoms with Gasteiger partial charge in [-0.15, -0.1) is 0 Å². The molecule has 0 saturated carbocycles. The predicted molar refractivity (Wildman–Crippen MR) is 255 cm³/mol. The smallest absolute Gasteiger partial charge is 0.457 e. The lowest BCUT2D eigenvalue weighted by Crippen LogP contribution is -2.71. The van der Waals surface area contributed by atoms with Gasteiger partial charge in [-0.1, -0.05) is 143 Å². The number of ether oxygens (including phenoxy) is 1. The number of para-hydroxylation sites is 3. The van der Waals surface area contributed by atoms with Gasteiger partial charge in [0.15, 0.2) is 5.69 Å². The molecule has 3 heterocycles. The van der Waals surface area contributed by atoms with Crippen molar-refractivity contribution < 1.29 is 9.21 Å². The Labute approximate surface area is 360 Å². The van der Waals surface area contributed by atoms with Gasteiger partial charge in [-0.05, 0) is 88.7 Å². The maximum absolute atomic E-state index is 6.79. The molecule has 0 N–H and O–H groups in total. The second-order valence-corrected chi connectivity index (χ2v) is 16.8. The van der Waals surface area contributed by atoms with Crippen molar-refractivity contribution >= 4 is 40.9 Å². The third kappa shape index (κ3) is 6.82. The molecule has 61 heavy (non-hydrogen) atoms. The highest BCUT2D eigenvalue weighted by Gasteiger charge is 2.48. The highest BCUT2D eigenvalue weighted by molar-refractivity contribution is 6.70. The van der Waals surface area contributed by atoms with Gasteiger partial charge in [0, 0.05) is 47.1 Å². The maximum Gasteiger partial charge on any atom is 0.653 e. The summed E-state index contributed by atoms with van der Waals surface area (Å²) >= 11 is 0. The van der Waals surface area contributed by atoms with Gasteiger partial charge in [-0.3, -0.25) is 4.48 Å². The standard InChI is InChI=1S/C55H50BN4O/c1-38(2)45-25-17-26-46(39(3)4)54(45)56-57(5)50-33-32-44(36-49(50)51-29-14-15-34-60(51)56)61-43-24-16-23-42(35-43)58-37-59(53-31-13-12-30-52(53)58)55-47(40-19-8-6-9-20-40)27-18-28-48(55)41-21-10-7-11-22-41/h6-36,38-39H,37H2,1-5H3/q+1. The summed E-state index contributed by atoms with van der Waals surface area (Å²) in [4.78, 5) is 7.31. The van der Waals surface area contributed by atoms with Crippen molar-refractivity contribution in [3.63, 3.8) is 0 Å². The first-order valence-corrected chi connectivity index (χ1v) is 21.5. The molecule has 1 aromatic heterocycles. The van der Waals surface area contributed by atoms with Gasteiger partial charge in [0.1, 0.15) is 24.4 Å². The number of fused-ring (bicyclic) bond motifs is 4. The van der Waals surface area contributed by atoms with Crippen LogP contribution < -0.4 is 29.3 Å². The summed E-state index contributed by atoms with van der Waals surface area (Å²) in [5, 5.41) is 0. The lowest BCUT2D eigenvalue weighted by molar-refractivity contribution is -0.524. The number of nitrogens with zero attached hydrogens (tertiary/aromatic N) is 4. The van der Waals surface area contributed by atoms with E-state index in [4.69, 9.17) is 4.74 Å². The quantitative estimate of drug-likeness (QED) is 0.136. The first-order chi connectivity index (χ1) is 29.9. The van der Waals surface area contributed by atoms with Gasteiger partial charge in [0.2, 0.25) is 0 Å². The fourth-order valence-electron chi connectivity index (χ4n) is 9.56. The topological polar surface area (TPSA) is 22.8 Å². The zero-order valence-corrected chi connectivity index (χ0v) is 35.5. The summed E-state index contributed by atoms with van der Waals surface area (Å²) in [6, 6.07) is 65.3. The normalized spacial score (nSPS) is 13.1. The third-order valence-corrected chi connectivity index (χ3v) is 12.4. The SMILES string of the molecule is CC(C)c1cccc(C(C)C)c1B1N(C)c2ccc(Oc3cccc(N4CN(c5c(-c6ccccc6)cccc5-c5ccccc5)c5ccccc54)c3)cc2-c2cccc[n+]21. The van der Waals surface area contributed by atoms with Crippen LogP contribution in [0.5, 0.6) is 11.5 Å². The van der Waals surface area contributed by atoms with E-state index in [1.54, 1.807) is 0 Å². The van der Waals surface area contributed by atoms with Gasteiger partial charge in [-0.2, -0.15) is 0 Å². The van der Waals surface area contributed by atoms with E-state index < -0.39 is 0 Å². The van der Waals surface area contributed by atoms with Gasteiger partial charge in [0.25, 0.3) is 0 Å². The predicted octanol–water partition coefficient (Wildman–Crippen LogP) is 13.0. The molecule has 7 aromatic carbocycles. The largest absolute Gasteiger partial charge is 0.653 e. The second-order valence-electron chi connectivity index (χ2n) is 16.8. The Morgan fingerprint density at radius 1 is 0.508 bits per heavy atom. The molecule has 2 aliphatic heterocycles. The van der Waals surface area contributed by atoms with Gasteiger partial charge >= 0.3 is 6.98 Å². The van der Waals surface area contributed by atoms with Gasteiger partial charge in [-0.25, -0.2) is 0 Å². The first-order valence-electron chi connectivity index (χ1n) is 21.5. The van der Waals surface area contributed by atoms with Crippen LogP contribution >= 0.6 is 0 Å². The fraction of sp³-hybridized carbons (Fsp3) is 0.145. The molecule has 2 aliphatic rings. The van der Waals surface area contributed by atoms with Crippen molar-refractivity contribution in [3.8, 4) is 45.0 Å². The molecule has 0 aliphatic carbocycles. The van der Waals surface area contributed by atoms with Crippen molar-refractivity contribution in [1.29, 1.82) is 0 Å². The molecular weight excluding hydrogens is 743 g/mol. The third-order valence-electron chi connectivity index (χ3n) is 12.4. The zero-order valence-electron chi connectivity index (χ0n) is 35.5. The molecule has 6 heteroatoms. The summed E-state index contributed by atoms with van der Waals surface area (Å²) in [5.74, 6) is 2.39. The van der Waals surface area contributed by atoms with Crippen LogP contribution in [0.4, 0.5) is 28.4 Å². The molecule has 10 rings (SSSR count). The average molecular weight is 794 g/mol. The summed E-state index contributed by atoms with van der Waals surface area (Å²) in [7, 11) is 2.23. The van der Waals surface area contributed by atoms with Crippen LogP contribution in [0.3, 0.4) is 0 Å². The molecule has 298 valence electrons. The monoisotopic (exact) mass is 793 g/mol. The van der Waals surface area contributed by atoms with E-state index in [0.29, 0.717) is 18.5 Å². The highest BCUT2D eigenvalue weighted by Crippen LogP contribution is 2.50. The number of aromatic nitrogens is 1. The maximum atomic E-state index is 6.79. The molecule has 0 amide bonds. The van der Waals surface area contributed by atoms with Crippen LogP contribution in [0.15, 0.2) is 188 Å². The Morgan fingerprint density at radius 3 is 1.74 bits per heavy atom. The van der Waals surface area contributed by atoms with Crippen molar-refractivity contribution in [3.05, 3.63) is 199 Å². The molecule has 8 aromatic rings. The lowest BCUT2D eigenvalue weighted by Gasteiger charge is -2.32. The first kappa shape index (κ1) is 38.2. The van der Waals surface area contributed by atoms with Crippen LogP contribution in [0.2, 0.25) is 0 Å². The minimum atomic E-state index is 0.0227. The van der Waals surface area contributed by atoms with Crippen LogP contribution in [0.25, 0.3) is 33.5 Å². The van der Waals surface area contributed by atoms with Crippen LogP contribution in [0, 0.1) is 0 Å². The lowest BCUT2D eigenvalue weighted by atomic mass is 9.58. The van der Waals surface area contributed by atoms with Gasteiger partial charge in [0.05, 0.1) is 22.6 Å². The van der Waals surface area contributed by atoms with E-state index in [9.17, 15) is 0 Å². The Kier molecular flexibility index (Phi) is 9.92. The number of benzene rings is 7. The Morgan fingerprint density at radius 2 is 1.08 bits per heavy atom. The molecule has 0 saturated heterocycles. The Bertz CT molecular complexity index is 2790. The summed E-state index contributed by atoms with van der Waals surface area (Å²) in [6.07, 6.45) is 2.23. The molecule has 0 radical (unpaired) electrons. The number of hydrogen-bond acceptors (Lipinski definition) is 4. The van der Waals surface area contributed by atoms with Crippen LogP contribution in [-0.4, -0.2) is 20.7 Å². The van der Waals surface area contributed by atoms with Crippen LogP contribution in [0.1, 0.15) is 50.7 Å². The average Bonchev–Trinajstić information content (AvgIpc) is 3.69. The Hall–Kier alpha value is -7.05. The minimum Gasteiger partial charge on any atom is -0.457 e. The van der Waals surface area contributed by atoms with E-state index in [0.717, 1.165) is 28.4 Å². The molecule has 0 unspecified atom stereocenters. The highest BCUT2D eigenvalue weighted by atomic mass is 16.5. The summed E-state index contributed by atoms with van der Waals surface area (Å²) in [5.41, 5.74) is 17.1. The van der Waals surface area contributed by atoms with E-state index in [1.807, 2.05) is 0 Å². The molecule has 5 nitrogen and oxygen atoms in total. The molecule has 0 spiro atoms. The van der Waals surface area contributed by atoms with E-state index >= 15 is 0 Å². The van der Waals surface area contributed by atoms with Crippen molar-refractivity contribution in [1.82, 2.24) is 0 Å². The molecule has 0 fully saturated rings. The summed E-state index contributed by atoms with van der Waals surface area (Å²) < 4.78 is 9.23. The number of hydrogen-bond donors (Lipinski definition) is 0. The van der Waals surface area contributed by atoms with Gasteiger partial charge < -0.3 is 19.3 Å². The summed E-state index contributed by atoms with van der Waals surface area (Å²) in [6.45, 7) is 9.89. The minimum absolute atomic E-state index is 0.0227. The molecule has 0 atom stereocenters. The number of rotatable bonds is 9. The second kappa shape index (κ2) is 15.9. The van der Waals surface area contributed by atoms with Crippen molar-refractivity contribution in [2.75, 3.05) is 28.3 Å². The van der Waals surface area contributed by atoms with E-state index in [1.165, 1.54) is 61.6 Å². The van der Waals surface area contributed by atoms with Crippen LogP contribution in [-0.2, 0) is 0 Å². The van der Waals surface area contributed by atoms with Crippen molar-refractivity contribution in [2.24, 2.45) is 0 Å². The van der Waals surface area contributed by atoms with E-state index in [-0.39, 0.29) is 6.98 Å².